The predicted molar refractivity (Wildman–Crippen MR) is 101 cm³/mol. The summed E-state index contributed by atoms with van der Waals surface area (Å²) in [5.74, 6) is 0. The van der Waals surface area contributed by atoms with Gasteiger partial charge in [0.05, 0.1) is 5.54 Å². The van der Waals surface area contributed by atoms with Gasteiger partial charge in [-0.1, -0.05) is 25.1 Å². The Morgan fingerprint density at radius 1 is 1.00 bits per heavy atom. The molecule has 1 unspecified atom stereocenters. The molecular formula is C21H26N2. The normalized spacial score (nSPS) is 20.0. The molecule has 1 aliphatic rings. The summed E-state index contributed by atoms with van der Waals surface area (Å²) in [5, 5.41) is 7.29. The molecule has 2 aromatic carbocycles. The standard InChI is InChI=1S/C21H26N2/c1-6-21(5)16(4)15(3)19-13-18(12-14(2)20(19)23-21)22-17-10-8-7-9-11-17/h7-13,22-23H,6H2,1-5H3. The third-order valence-corrected chi connectivity index (χ3v) is 5.30. The van der Waals surface area contributed by atoms with E-state index in [1.807, 2.05) is 6.07 Å². The van der Waals surface area contributed by atoms with Crippen LogP contribution in [0, 0.1) is 6.92 Å². The van der Waals surface area contributed by atoms with Gasteiger partial charge in [0, 0.05) is 22.6 Å². The zero-order valence-corrected chi connectivity index (χ0v) is 14.7. The van der Waals surface area contributed by atoms with Crippen molar-refractivity contribution in [3.63, 3.8) is 0 Å². The molecule has 2 aromatic rings. The minimum atomic E-state index is 0.0518. The molecule has 0 fully saturated rings. The number of hydrogen-bond acceptors (Lipinski definition) is 2. The highest BCUT2D eigenvalue weighted by Crippen LogP contribution is 2.43. The summed E-state index contributed by atoms with van der Waals surface area (Å²) < 4.78 is 0. The van der Waals surface area contributed by atoms with Crippen LogP contribution in [-0.2, 0) is 0 Å². The van der Waals surface area contributed by atoms with Crippen LogP contribution in [0.25, 0.3) is 5.57 Å². The Kier molecular flexibility index (Phi) is 3.93. The summed E-state index contributed by atoms with van der Waals surface area (Å²) in [7, 11) is 0. The van der Waals surface area contributed by atoms with Crippen LogP contribution in [0.2, 0.25) is 0 Å². The Bertz CT molecular complexity index is 759. The second-order valence-corrected chi connectivity index (χ2v) is 6.77. The van der Waals surface area contributed by atoms with Crippen molar-refractivity contribution in [3.05, 3.63) is 59.2 Å². The van der Waals surface area contributed by atoms with Gasteiger partial charge >= 0.3 is 0 Å². The second kappa shape index (κ2) is 5.77. The summed E-state index contributed by atoms with van der Waals surface area (Å²) in [6, 6.07) is 14.8. The minimum Gasteiger partial charge on any atom is -0.375 e. The average molecular weight is 306 g/mol. The molecular weight excluding hydrogens is 280 g/mol. The van der Waals surface area contributed by atoms with Crippen LogP contribution in [0.1, 0.15) is 45.2 Å². The smallest absolute Gasteiger partial charge is 0.0558 e. The Balaban J connectivity index is 2.05. The van der Waals surface area contributed by atoms with Gasteiger partial charge in [0.25, 0.3) is 0 Å². The summed E-state index contributed by atoms with van der Waals surface area (Å²) >= 11 is 0. The lowest BCUT2D eigenvalue weighted by atomic mass is 9.80. The highest BCUT2D eigenvalue weighted by Gasteiger charge is 2.31. The highest BCUT2D eigenvalue weighted by atomic mass is 15.0. The SMILES string of the molecule is CCC1(C)Nc2c(C)cc(Nc3ccccc3)cc2C(C)=C1C. The van der Waals surface area contributed by atoms with Crippen LogP contribution >= 0.6 is 0 Å². The Hall–Kier alpha value is -2.22. The van der Waals surface area contributed by atoms with E-state index in [9.17, 15) is 0 Å². The first kappa shape index (κ1) is 15.7. The first-order chi connectivity index (χ1) is 10.9. The fourth-order valence-electron chi connectivity index (χ4n) is 3.35. The number of rotatable bonds is 3. The van der Waals surface area contributed by atoms with Crippen LogP contribution < -0.4 is 10.6 Å². The van der Waals surface area contributed by atoms with E-state index in [0.717, 1.165) is 17.8 Å². The fourth-order valence-corrected chi connectivity index (χ4v) is 3.35. The number of para-hydroxylation sites is 1. The van der Waals surface area contributed by atoms with Crippen LogP contribution in [0.4, 0.5) is 17.1 Å². The van der Waals surface area contributed by atoms with Crippen molar-refractivity contribution in [1.82, 2.24) is 0 Å². The number of fused-ring (bicyclic) bond motifs is 1. The van der Waals surface area contributed by atoms with Crippen molar-refractivity contribution in [2.75, 3.05) is 10.6 Å². The summed E-state index contributed by atoms with van der Waals surface area (Å²) in [6.07, 6.45) is 1.08. The molecule has 1 aliphatic heterocycles. The lowest BCUT2D eigenvalue weighted by molar-refractivity contribution is 0.572. The molecule has 2 nitrogen and oxygen atoms in total. The van der Waals surface area contributed by atoms with E-state index in [0.29, 0.717) is 0 Å². The number of nitrogens with one attached hydrogen (secondary N) is 2. The first-order valence-electron chi connectivity index (χ1n) is 8.38. The van der Waals surface area contributed by atoms with Gasteiger partial charge in [-0.3, -0.25) is 0 Å². The van der Waals surface area contributed by atoms with Crippen LogP contribution in [0.5, 0.6) is 0 Å². The van der Waals surface area contributed by atoms with Gasteiger partial charge in [0.2, 0.25) is 0 Å². The molecule has 0 radical (unpaired) electrons. The molecule has 23 heavy (non-hydrogen) atoms. The first-order valence-corrected chi connectivity index (χ1v) is 8.38. The lowest BCUT2D eigenvalue weighted by Gasteiger charge is -2.39. The molecule has 0 bridgehead atoms. The third-order valence-electron chi connectivity index (χ3n) is 5.30. The molecule has 0 aromatic heterocycles. The largest absolute Gasteiger partial charge is 0.375 e. The van der Waals surface area contributed by atoms with E-state index in [1.165, 1.54) is 28.0 Å². The number of benzene rings is 2. The lowest BCUT2D eigenvalue weighted by Crippen LogP contribution is -2.38. The molecule has 0 amide bonds. The van der Waals surface area contributed by atoms with Gasteiger partial charge < -0.3 is 10.6 Å². The van der Waals surface area contributed by atoms with Crippen LogP contribution in [0.3, 0.4) is 0 Å². The number of hydrogen-bond donors (Lipinski definition) is 2. The summed E-state index contributed by atoms with van der Waals surface area (Å²) in [5.41, 5.74) is 9.01. The van der Waals surface area contributed by atoms with Crippen LogP contribution in [0.15, 0.2) is 48.0 Å². The third kappa shape index (κ3) is 2.74. The Labute approximate surface area is 139 Å². The Morgan fingerprint density at radius 2 is 1.70 bits per heavy atom. The number of anilines is 3. The van der Waals surface area contributed by atoms with E-state index in [1.54, 1.807) is 0 Å². The van der Waals surface area contributed by atoms with Crippen molar-refractivity contribution in [2.24, 2.45) is 0 Å². The topological polar surface area (TPSA) is 24.1 Å². The maximum atomic E-state index is 3.78. The Morgan fingerprint density at radius 3 is 2.35 bits per heavy atom. The van der Waals surface area contributed by atoms with Gasteiger partial charge in [-0.15, -0.1) is 0 Å². The molecule has 0 aliphatic carbocycles. The van der Waals surface area contributed by atoms with Gasteiger partial charge in [0.1, 0.15) is 0 Å². The van der Waals surface area contributed by atoms with Crippen molar-refractivity contribution in [2.45, 2.75) is 46.6 Å². The number of allylic oxidation sites excluding steroid dienone is 1. The van der Waals surface area contributed by atoms with E-state index in [4.69, 9.17) is 0 Å². The molecule has 1 atom stereocenters. The molecule has 1 heterocycles. The summed E-state index contributed by atoms with van der Waals surface area (Å²) in [4.78, 5) is 0. The van der Waals surface area contributed by atoms with Gasteiger partial charge in [-0.2, -0.15) is 0 Å². The van der Waals surface area contributed by atoms with Crippen molar-refractivity contribution in [1.29, 1.82) is 0 Å². The molecule has 0 saturated heterocycles. The average Bonchev–Trinajstić information content (AvgIpc) is 2.55. The van der Waals surface area contributed by atoms with Gasteiger partial charge in [-0.25, -0.2) is 0 Å². The van der Waals surface area contributed by atoms with E-state index < -0.39 is 0 Å². The molecule has 3 rings (SSSR count). The highest BCUT2D eigenvalue weighted by molar-refractivity contribution is 5.87. The molecule has 0 saturated carbocycles. The van der Waals surface area contributed by atoms with Crippen molar-refractivity contribution in [3.8, 4) is 0 Å². The number of aryl methyl sites for hydroxylation is 1. The zero-order chi connectivity index (χ0) is 16.6. The molecule has 2 N–H and O–H groups in total. The van der Waals surface area contributed by atoms with Crippen molar-refractivity contribution >= 4 is 22.6 Å². The predicted octanol–water partition coefficient (Wildman–Crippen LogP) is 6.13. The molecule has 120 valence electrons. The van der Waals surface area contributed by atoms with E-state index in [-0.39, 0.29) is 5.54 Å². The van der Waals surface area contributed by atoms with Crippen molar-refractivity contribution < 1.29 is 0 Å². The quantitative estimate of drug-likeness (QED) is 0.713. The van der Waals surface area contributed by atoms with Crippen LogP contribution in [-0.4, -0.2) is 5.54 Å². The monoisotopic (exact) mass is 306 g/mol. The van der Waals surface area contributed by atoms with E-state index in [2.05, 4.69) is 81.7 Å². The zero-order valence-electron chi connectivity index (χ0n) is 14.7. The second-order valence-electron chi connectivity index (χ2n) is 6.77. The fraction of sp³-hybridized carbons (Fsp3) is 0.333. The molecule has 2 heteroatoms. The molecule has 0 spiro atoms. The maximum absolute atomic E-state index is 3.78. The van der Waals surface area contributed by atoms with E-state index >= 15 is 0 Å². The summed E-state index contributed by atoms with van der Waals surface area (Å²) in [6.45, 7) is 11.2. The van der Waals surface area contributed by atoms with Gasteiger partial charge in [-0.05, 0) is 75.1 Å². The minimum absolute atomic E-state index is 0.0518. The maximum Gasteiger partial charge on any atom is 0.0558 e. The van der Waals surface area contributed by atoms with Gasteiger partial charge in [0.15, 0.2) is 0 Å².